The van der Waals surface area contributed by atoms with Crippen LogP contribution in [-0.2, 0) is 22.7 Å². The summed E-state index contributed by atoms with van der Waals surface area (Å²) in [5, 5.41) is 7.01. The largest absolute Gasteiger partial charge is 0.496 e. The van der Waals surface area contributed by atoms with E-state index in [2.05, 4.69) is 32.6 Å². The Balaban J connectivity index is 1.01. The minimum absolute atomic E-state index is 0.0367. The lowest BCUT2D eigenvalue weighted by atomic mass is 9.79. The molecule has 0 bridgehead atoms. The fraction of sp³-hybridized carbons (Fsp3) is 0.368. The summed E-state index contributed by atoms with van der Waals surface area (Å²) in [6, 6.07) is 17.9. The molecule has 10 nitrogen and oxygen atoms in total. The van der Waals surface area contributed by atoms with Gasteiger partial charge in [0.05, 0.1) is 36.2 Å². The Morgan fingerprint density at radius 3 is 1.92 bits per heavy atom. The minimum atomic E-state index is 0.0367. The van der Waals surface area contributed by atoms with E-state index in [9.17, 15) is 9.59 Å². The predicted octanol–water partition coefficient (Wildman–Crippen LogP) is 5.45. The van der Waals surface area contributed by atoms with E-state index in [1.165, 1.54) is 0 Å². The summed E-state index contributed by atoms with van der Waals surface area (Å²) in [7, 11) is 3.28. The first-order chi connectivity index (χ1) is 24.2. The maximum Gasteiger partial charge on any atom is 0.237 e. The number of hydrogen-bond donors (Lipinski definition) is 2. The molecule has 258 valence electrons. The van der Waals surface area contributed by atoms with Crippen molar-refractivity contribution >= 4 is 35.0 Å². The van der Waals surface area contributed by atoms with E-state index < -0.39 is 0 Å². The molecule has 4 aromatic rings. The Bertz CT molecular complexity index is 1870. The van der Waals surface area contributed by atoms with Crippen molar-refractivity contribution < 1.29 is 19.1 Å². The van der Waals surface area contributed by atoms with Crippen LogP contribution in [0.1, 0.15) is 24.1 Å². The number of benzene rings is 3. The molecule has 4 fully saturated rings. The average Bonchev–Trinajstić information content (AvgIpc) is 3.68. The number of likely N-dealkylation sites (tertiary alicyclic amines) is 2. The second-order valence-electron chi connectivity index (χ2n) is 14.3. The minimum Gasteiger partial charge on any atom is -0.496 e. The van der Waals surface area contributed by atoms with E-state index in [4.69, 9.17) is 42.6 Å². The van der Waals surface area contributed by atoms with Crippen molar-refractivity contribution in [1.29, 1.82) is 0 Å². The van der Waals surface area contributed by atoms with E-state index >= 15 is 0 Å². The Hall–Kier alpha value is -4.22. The molecule has 2 amide bonds. The predicted molar refractivity (Wildman–Crippen MR) is 192 cm³/mol. The second kappa shape index (κ2) is 12.8. The average molecular weight is 714 g/mol. The zero-order chi connectivity index (χ0) is 34.6. The molecule has 3 aromatic carbocycles. The molecule has 12 heteroatoms. The van der Waals surface area contributed by atoms with Gasteiger partial charge in [-0.15, -0.1) is 0 Å². The number of nitrogens with zero attached hydrogens (tertiary/aromatic N) is 4. The highest BCUT2D eigenvalue weighted by molar-refractivity contribution is 6.39. The third-order valence-electron chi connectivity index (χ3n) is 10.6. The second-order valence-corrected chi connectivity index (χ2v) is 15.0. The van der Waals surface area contributed by atoms with Gasteiger partial charge in [-0.1, -0.05) is 71.7 Å². The molecule has 5 heterocycles. The molecular formula is C38H38Cl2N6O4. The number of hydrogen-bond acceptors (Lipinski definition) is 8. The van der Waals surface area contributed by atoms with Gasteiger partial charge in [0.2, 0.25) is 17.7 Å². The smallest absolute Gasteiger partial charge is 0.237 e. The fourth-order valence-electron chi connectivity index (χ4n) is 8.17. The molecule has 4 aliphatic heterocycles. The zero-order valence-electron chi connectivity index (χ0n) is 28.0. The number of halogens is 2. The molecule has 0 atom stereocenters. The lowest BCUT2D eigenvalue weighted by Crippen LogP contribution is -2.56. The Labute approximate surface area is 301 Å². The van der Waals surface area contributed by atoms with Gasteiger partial charge in [-0.05, 0) is 11.6 Å². The summed E-state index contributed by atoms with van der Waals surface area (Å²) in [6.07, 6.45) is 2.92. The van der Waals surface area contributed by atoms with Crippen LogP contribution in [0.5, 0.6) is 11.6 Å². The monoisotopic (exact) mass is 712 g/mol. The number of carbonyl (C=O) groups excluding carboxylic acids is 2. The Kier molecular flexibility index (Phi) is 8.46. The molecule has 0 radical (unpaired) electrons. The number of nitrogens with one attached hydrogen (secondary N) is 2. The lowest BCUT2D eigenvalue weighted by molar-refractivity contribution is -0.121. The first kappa shape index (κ1) is 33.0. The fourth-order valence-corrected chi connectivity index (χ4v) is 8.84. The van der Waals surface area contributed by atoms with Crippen molar-refractivity contribution in [3.8, 4) is 45.1 Å². The number of carbonyl (C=O) groups is 2. The molecule has 2 N–H and O–H groups in total. The van der Waals surface area contributed by atoms with Crippen LogP contribution < -0.4 is 20.1 Å². The topological polar surface area (TPSA) is 109 Å². The van der Waals surface area contributed by atoms with E-state index in [0.717, 1.165) is 90.6 Å². The van der Waals surface area contributed by atoms with Gasteiger partial charge in [-0.2, -0.15) is 0 Å². The Morgan fingerprint density at radius 1 is 0.760 bits per heavy atom. The van der Waals surface area contributed by atoms with Gasteiger partial charge < -0.3 is 20.1 Å². The van der Waals surface area contributed by atoms with Crippen molar-refractivity contribution in [3.05, 3.63) is 82.1 Å². The van der Waals surface area contributed by atoms with Crippen molar-refractivity contribution in [2.75, 3.05) is 53.5 Å². The summed E-state index contributed by atoms with van der Waals surface area (Å²) in [4.78, 5) is 37.7. The van der Waals surface area contributed by atoms with Gasteiger partial charge in [-0.25, -0.2) is 4.98 Å². The summed E-state index contributed by atoms with van der Waals surface area (Å²) < 4.78 is 11.5. The van der Waals surface area contributed by atoms with Crippen LogP contribution in [-0.4, -0.2) is 85.1 Å². The maximum atomic E-state index is 11.8. The van der Waals surface area contributed by atoms with Crippen LogP contribution in [0.2, 0.25) is 10.0 Å². The van der Waals surface area contributed by atoms with E-state index in [0.29, 0.717) is 41.0 Å². The normalized spacial score (nSPS) is 19.3. The first-order valence-electron chi connectivity index (χ1n) is 16.8. The SMILES string of the molecule is COc1cc(-c2cccc(-c3cccc(-c4cnc(CN5CC6(CNC(=O)C6)C5)c(OC)n4)c3Cl)c2Cl)ccc1CN1CC2(CNC(=O)C2)C1. The number of amides is 2. The maximum absolute atomic E-state index is 11.8. The van der Waals surface area contributed by atoms with Gasteiger partial charge in [-0.3, -0.25) is 24.4 Å². The quantitative estimate of drug-likeness (QED) is 0.236. The molecule has 0 aliphatic carbocycles. The van der Waals surface area contributed by atoms with Crippen molar-refractivity contribution in [1.82, 2.24) is 30.4 Å². The van der Waals surface area contributed by atoms with Crippen LogP contribution in [0, 0.1) is 10.8 Å². The number of aromatic nitrogens is 2. The lowest BCUT2D eigenvalue weighted by Gasteiger charge is -2.47. The molecule has 8 rings (SSSR count). The van der Waals surface area contributed by atoms with E-state index in [1.54, 1.807) is 20.4 Å². The molecule has 1 aromatic heterocycles. The summed E-state index contributed by atoms with van der Waals surface area (Å²) >= 11 is 14.3. The van der Waals surface area contributed by atoms with Gasteiger partial charge in [0, 0.05) is 104 Å². The molecule has 4 saturated heterocycles. The van der Waals surface area contributed by atoms with Crippen LogP contribution in [0.4, 0.5) is 0 Å². The first-order valence-corrected chi connectivity index (χ1v) is 17.6. The molecular weight excluding hydrogens is 675 g/mol. The van der Waals surface area contributed by atoms with E-state index in [-0.39, 0.29) is 22.6 Å². The van der Waals surface area contributed by atoms with Crippen molar-refractivity contribution in [2.24, 2.45) is 10.8 Å². The van der Waals surface area contributed by atoms with Gasteiger partial charge in [0.25, 0.3) is 0 Å². The summed E-state index contributed by atoms with van der Waals surface area (Å²) in [5.41, 5.74) is 6.64. The molecule has 0 saturated carbocycles. The van der Waals surface area contributed by atoms with Crippen LogP contribution in [0.25, 0.3) is 33.5 Å². The zero-order valence-corrected chi connectivity index (χ0v) is 29.5. The van der Waals surface area contributed by atoms with Gasteiger partial charge in [0.1, 0.15) is 11.4 Å². The number of rotatable bonds is 9. The highest BCUT2D eigenvalue weighted by Gasteiger charge is 2.49. The summed E-state index contributed by atoms with van der Waals surface area (Å²) in [6.45, 7) is 6.31. The van der Waals surface area contributed by atoms with Gasteiger partial charge in [0.15, 0.2) is 0 Å². The van der Waals surface area contributed by atoms with Crippen molar-refractivity contribution in [3.63, 3.8) is 0 Å². The Morgan fingerprint density at radius 2 is 1.34 bits per heavy atom. The van der Waals surface area contributed by atoms with Crippen molar-refractivity contribution in [2.45, 2.75) is 25.9 Å². The molecule has 2 spiro atoms. The highest BCUT2D eigenvalue weighted by atomic mass is 35.5. The third kappa shape index (κ3) is 5.98. The van der Waals surface area contributed by atoms with Crippen LogP contribution >= 0.6 is 23.2 Å². The molecule has 0 unspecified atom stereocenters. The summed E-state index contributed by atoms with van der Waals surface area (Å²) in [5.74, 6) is 1.52. The molecule has 50 heavy (non-hydrogen) atoms. The van der Waals surface area contributed by atoms with Crippen LogP contribution in [0.3, 0.4) is 0 Å². The molecule has 4 aliphatic rings. The standard InChI is InChI=1S/C38H38Cl2N6O4/c1-49-31-11-23(9-10-24(31)15-45-19-37(20-45)12-32(47)42-17-37)25-5-3-6-26(34(25)39)27-7-4-8-28(35(27)40)29-14-41-30(36(44-29)50-2)16-46-21-38(22-46)13-33(48)43-18-38/h3-11,14H,12-13,15-22H2,1-2H3,(H,42,47)(H,43,48). The van der Waals surface area contributed by atoms with Crippen LogP contribution in [0.15, 0.2) is 60.8 Å². The number of ether oxygens (including phenoxy) is 2. The highest BCUT2D eigenvalue weighted by Crippen LogP contribution is 2.44. The third-order valence-corrected chi connectivity index (χ3v) is 11.4. The number of methoxy groups -OCH3 is 2. The van der Waals surface area contributed by atoms with Gasteiger partial charge >= 0.3 is 0 Å². The van der Waals surface area contributed by atoms with E-state index in [1.807, 2.05) is 42.5 Å².